The molecule has 4 rings (SSSR count). The predicted octanol–water partition coefficient (Wildman–Crippen LogP) is 2.79. The van der Waals surface area contributed by atoms with Gasteiger partial charge in [-0.1, -0.05) is 30.3 Å². The number of fused-ring (bicyclic) bond motifs is 1. The Morgan fingerprint density at radius 2 is 1.75 bits per heavy atom. The van der Waals surface area contributed by atoms with Crippen LogP contribution in [0.25, 0.3) is 16.7 Å². The van der Waals surface area contributed by atoms with Gasteiger partial charge in [0.1, 0.15) is 5.82 Å². The highest BCUT2D eigenvalue weighted by atomic mass is 15.1. The van der Waals surface area contributed by atoms with Crippen molar-refractivity contribution in [1.29, 1.82) is 0 Å². The molecule has 0 spiro atoms. The van der Waals surface area contributed by atoms with Gasteiger partial charge in [0, 0.05) is 12.1 Å². The van der Waals surface area contributed by atoms with Crippen LogP contribution in [0.4, 0.5) is 0 Å². The summed E-state index contributed by atoms with van der Waals surface area (Å²) in [6, 6.07) is 18.9. The number of imidazole rings is 1. The zero-order valence-electron chi connectivity index (χ0n) is 11.3. The zero-order chi connectivity index (χ0) is 13.4. The van der Waals surface area contributed by atoms with Gasteiger partial charge in [0.2, 0.25) is 0 Å². The molecule has 0 aliphatic carbocycles. The molecule has 3 aromatic rings. The highest BCUT2D eigenvalue weighted by Gasteiger charge is 2.21. The summed E-state index contributed by atoms with van der Waals surface area (Å²) in [6.45, 7) is 2.22. The largest absolute Gasteiger partial charge is 0.316 e. The van der Waals surface area contributed by atoms with Crippen molar-refractivity contribution in [3.63, 3.8) is 0 Å². The van der Waals surface area contributed by atoms with E-state index in [1.807, 2.05) is 0 Å². The third kappa shape index (κ3) is 1.91. The van der Waals surface area contributed by atoms with Gasteiger partial charge in [-0.25, -0.2) is 4.98 Å². The Bertz CT molecular complexity index is 726. The van der Waals surface area contributed by atoms with E-state index in [2.05, 4.69) is 64.5 Å². The van der Waals surface area contributed by atoms with Crippen molar-refractivity contribution in [2.24, 2.45) is 5.92 Å². The van der Waals surface area contributed by atoms with E-state index in [4.69, 9.17) is 4.98 Å². The van der Waals surface area contributed by atoms with Gasteiger partial charge in [-0.05, 0) is 43.3 Å². The van der Waals surface area contributed by atoms with Crippen LogP contribution in [0.15, 0.2) is 54.6 Å². The summed E-state index contributed by atoms with van der Waals surface area (Å²) < 4.78 is 2.30. The van der Waals surface area contributed by atoms with Gasteiger partial charge in [-0.2, -0.15) is 0 Å². The second kappa shape index (κ2) is 4.76. The molecule has 1 aliphatic heterocycles. The molecule has 0 bridgehead atoms. The Hall–Kier alpha value is -2.13. The van der Waals surface area contributed by atoms with E-state index < -0.39 is 0 Å². The van der Waals surface area contributed by atoms with E-state index in [-0.39, 0.29) is 0 Å². The van der Waals surface area contributed by atoms with E-state index in [9.17, 15) is 0 Å². The third-order valence-electron chi connectivity index (χ3n) is 3.98. The quantitative estimate of drug-likeness (QED) is 0.787. The Balaban J connectivity index is 1.88. The first-order valence-electron chi connectivity index (χ1n) is 7.14. The van der Waals surface area contributed by atoms with Crippen molar-refractivity contribution in [3.05, 3.63) is 60.4 Å². The maximum atomic E-state index is 4.85. The van der Waals surface area contributed by atoms with Crippen molar-refractivity contribution in [1.82, 2.24) is 14.9 Å². The molecule has 1 aliphatic rings. The first-order chi connectivity index (χ1) is 9.92. The fourth-order valence-electron chi connectivity index (χ4n) is 2.83. The lowest BCUT2D eigenvalue weighted by Gasteiger charge is -2.26. The minimum atomic E-state index is 0.717. The van der Waals surface area contributed by atoms with Gasteiger partial charge in [0.05, 0.1) is 11.0 Å². The van der Waals surface area contributed by atoms with Crippen LogP contribution in [0, 0.1) is 5.92 Å². The van der Waals surface area contributed by atoms with Gasteiger partial charge in [0.15, 0.2) is 0 Å². The molecule has 3 nitrogen and oxygen atoms in total. The number of rotatable bonds is 3. The van der Waals surface area contributed by atoms with Crippen LogP contribution < -0.4 is 5.32 Å². The fourth-order valence-corrected chi connectivity index (χ4v) is 2.83. The summed E-state index contributed by atoms with van der Waals surface area (Å²) in [4.78, 5) is 4.85. The molecule has 1 saturated heterocycles. The Morgan fingerprint density at radius 3 is 2.50 bits per heavy atom. The van der Waals surface area contributed by atoms with Crippen LogP contribution >= 0.6 is 0 Å². The smallest absolute Gasteiger partial charge is 0.114 e. The van der Waals surface area contributed by atoms with Crippen molar-refractivity contribution in [3.8, 4) is 5.69 Å². The maximum Gasteiger partial charge on any atom is 0.114 e. The summed E-state index contributed by atoms with van der Waals surface area (Å²) in [7, 11) is 0. The monoisotopic (exact) mass is 263 g/mol. The molecule has 2 aromatic carbocycles. The molecule has 0 atom stereocenters. The average Bonchev–Trinajstić information content (AvgIpc) is 2.82. The van der Waals surface area contributed by atoms with E-state index in [1.165, 1.54) is 17.0 Å². The number of benzene rings is 2. The van der Waals surface area contributed by atoms with Crippen molar-refractivity contribution < 1.29 is 0 Å². The summed E-state index contributed by atoms with van der Waals surface area (Å²) in [5.74, 6) is 1.89. The van der Waals surface area contributed by atoms with Crippen LogP contribution in [0.3, 0.4) is 0 Å². The maximum absolute atomic E-state index is 4.85. The molecule has 0 radical (unpaired) electrons. The molecule has 1 aromatic heterocycles. The first-order valence-corrected chi connectivity index (χ1v) is 7.14. The lowest BCUT2D eigenvalue weighted by Crippen LogP contribution is -2.43. The summed E-state index contributed by atoms with van der Waals surface area (Å²) >= 11 is 0. The second-order valence-corrected chi connectivity index (χ2v) is 5.42. The highest BCUT2D eigenvalue weighted by molar-refractivity contribution is 5.78. The van der Waals surface area contributed by atoms with Crippen molar-refractivity contribution in [2.45, 2.75) is 6.42 Å². The molecule has 20 heavy (non-hydrogen) atoms. The van der Waals surface area contributed by atoms with Crippen LogP contribution in [-0.2, 0) is 6.42 Å². The van der Waals surface area contributed by atoms with Gasteiger partial charge >= 0.3 is 0 Å². The average molecular weight is 263 g/mol. The first kappa shape index (κ1) is 11.7. The Kier molecular flexibility index (Phi) is 2.78. The van der Waals surface area contributed by atoms with Crippen LogP contribution in [0.1, 0.15) is 5.82 Å². The molecular formula is C17H17N3. The SMILES string of the molecule is c1ccc(-n2c(CC3CNC3)nc3ccccc32)cc1. The number of hydrogen-bond acceptors (Lipinski definition) is 2. The molecule has 0 unspecified atom stereocenters. The lowest BCUT2D eigenvalue weighted by molar-refractivity contribution is 0.340. The molecule has 0 amide bonds. The van der Waals surface area contributed by atoms with E-state index >= 15 is 0 Å². The fraction of sp³-hybridized carbons (Fsp3) is 0.235. The van der Waals surface area contributed by atoms with Gasteiger partial charge in [0.25, 0.3) is 0 Å². The third-order valence-corrected chi connectivity index (χ3v) is 3.98. The predicted molar refractivity (Wildman–Crippen MR) is 81.1 cm³/mol. The minimum absolute atomic E-state index is 0.717. The van der Waals surface area contributed by atoms with Crippen LogP contribution in [-0.4, -0.2) is 22.6 Å². The molecule has 2 heterocycles. The number of para-hydroxylation sites is 3. The molecule has 1 fully saturated rings. The summed E-state index contributed by atoms with van der Waals surface area (Å²) in [5, 5.41) is 3.34. The second-order valence-electron chi connectivity index (χ2n) is 5.42. The molecule has 3 heteroatoms. The van der Waals surface area contributed by atoms with Gasteiger partial charge in [-0.3, -0.25) is 4.57 Å². The molecular weight excluding hydrogens is 246 g/mol. The lowest BCUT2D eigenvalue weighted by atomic mass is 9.99. The Labute approximate surface area is 118 Å². The van der Waals surface area contributed by atoms with Crippen molar-refractivity contribution in [2.75, 3.05) is 13.1 Å². The molecule has 1 N–H and O–H groups in total. The topological polar surface area (TPSA) is 29.9 Å². The van der Waals surface area contributed by atoms with Gasteiger partial charge < -0.3 is 5.32 Å². The standard InChI is InChI=1S/C17H17N3/c1-2-6-14(7-3-1)20-16-9-5-4-8-15(16)19-17(20)10-13-11-18-12-13/h1-9,13,18H,10-12H2. The number of hydrogen-bond donors (Lipinski definition) is 1. The molecule has 100 valence electrons. The highest BCUT2D eigenvalue weighted by Crippen LogP contribution is 2.23. The van der Waals surface area contributed by atoms with Crippen LogP contribution in [0.2, 0.25) is 0 Å². The zero-order valence-corrected chi connectivity index (χ0v) is 11.3. The van der Waals surface area contributed by atoms with E-state index in [0.29, 0.717) is 5.92 Å². The number of nitrogens with one attached hydrogen (secondary N) is 1. The summed E-state index contributed by atoms with van der Waals surface area (Å²) in [6.07, 6.45) is 1.04. The van der Waals surface area contributed by atoms with E-state index in [0.717, 1.165) is 25.0 Å². The van der Waals surface area contributed by atoms with Gasteiger partial charge in [-0.15, -0.1) is 0 Å². The molecule has 0 saturated carbocycles. The normalized spacial score (nSPS) is 15.4. The minimum Gasteiger partial charge on any atom is -0.316 e. The van der Waals surface area contributed by atoms with E-state index in [1.54, 1.807) is 0 Å². The van der Waals surface area contributed by atoms with Crippen LogP contribution in [0.5, 0.6) is 0 Å². The number of aromatic nitrogens is 2. The van der Waals surface area contributed by atoms with Crippen molar-refractivity contribution >= 4 is 11.0 Å². The summed E-state index contributed by atoms with van der Waals surface area (Å²) in [5.41, 5.74) is 3.48. The Morgan fingerprint density at radius 1 is 1.00 bits per heavy atom. The number of nitrogens with zero attached hydrogens (tertiary/aromatic N) is 2.